The molecule has 1 aliphatic heterocycles. The number of rotatable bonds is 3. The molecule has 2 nitrogen and oxygen atoms in total. The molecule has 13 heavy (non-hydrogen) atoms. The van der Waals surface area contributed by atoms with Gasteiger partial charge in [-0.2, -0.15) is 11.8 Å². The van der Waals surface area contributed by atoms with E-state index < -0.39 is 0 Å². The molecule has 0 spiro atoms. The monoisotopic (exact) mass is 200 g/mol. The first kappa shape index (κ1) is 9.81. The van der Waals surface area contributed by atoms with Gasteiger partial charge in [-0.1, -0.05) is 0 Å². The summed E-state index contributed by atoms with van der Waals surface area (Å²) < 4.78 is 0. The molecule has 0 bridgehead atoms. The smallest absolute Gasteiger partial charge is 0.0319 e. The Kier molecular flexibility index (Phi) is 3.52. The average Bonchev–Trinajstić information content (AvgIpc) is 2.12. The van der Waals surface area contributed by atoms with Gasteiger partial charge in [0, 0.05) is 30.4 Å². The molecule has 0 aromatic heterocycles. The molecule has 2 fully saturated rings. The van der Waals surface area contributed by atoms with Crippen LogP contribution < -0.4 is 10.6 Å². The molecular weight excluding hydrogens is 180 g/mol. The van der Waals surface area contributed by atoms with Gasteiger partial charge in [-0.3, -0.25) is 0 Å². The van der Waals surface area contributed by atoms with E-state index in [2.05, 4.69) is 16.9 Å². The van der Waals surface area contributed by atoms with Crippen LogP contribution in [0.3, 0.4) is 0 Å². The second kappa shape index (κ2) is 4.67. The Morgan fingerprint density at radius 1 is 1.08 bits per heavy atom. The quantitative estimate of drug-likeness (QED) is 0.716. The van der Waals surface area contributed by atoms with Crippen LogP contribution in [-0.4, -0.2) is 36.7 Å². The fourth-order valence-corrected chi connectivity index (χ4v) is 2.95. The van der Waals surface area contributed by atoms with Crippen LogP contribution in [0.2, 0.25) is 0 Å². The standard InChI is InChI=1S/C10H20N2S/c1-13-10-4-2-8(3-5-10)12-9-6-11-7-9/h8-12H,2-7H2,1H3. The predicted molar refractivity (Wildman–Crippen MR) is 59.4 cm³/mol. The highest BCUT2D eigenvalue weighted by atomic mass is 32.2. The summed E-state index contributed by atoms with van der Waals surface area (Å²) >= 11 is 2.05. The molecule has 0 atom stereocenters. The molecule has 2 rings (SSSR count). The van der Waals surface area contributed by atoms with E-state index in [1.165, 1.54) is 38.8 Å². The first-order chi connectivity index (χ1) is 6.38. The van der Waals surface area contributed by atoms with Crippen molar-refractivity contribution in [3.8, 4) is 0 Å². The third-order valence-electron chi connectivity index (χ3n) is 3.26. The summed E-state index contributed by atoms with van der Waals surface area (Å²) in [6.45, 7) is 2.37. The molecule has 0 unspecified atom stereocenters. The molecule has 0 amide bonds. The molecule has 0 aromatic carbocycles. The van der Waals surface area contributed by atoms with Gasteiger partial charge in [0.25, 0.3) is 0 Å². The lowest BCUT2D eigenvalue weighted by molar-refractivity contribution is 0.286. The lowest BCUT2D eigenvalue weighted by Gasteiger charge is -2.35. The third kappa shape index (κ3) is 2.61. The number of hydrogen-bond donors (Lipinski definition) is 2. The van der Waals surface area contributed by atoms with Crippen LogP contribution in [0, 0.1) is 0 Å². The van der Waals surface area contributed by atoms with Gasteiger partial charge < -0.3 is 10.6 Å². The highest BCUT2D eigenvalue weighted by molar-refractivity contribution is 7.99. The molecule has 1 saturated carbocycles. The summed E-state index contributed by atoms with van der Waals surface area (Å²) in [5.74, 6) is 0. The fourth-order valence-electron chi connectivity index (χ4n) is 2.21. The number of nitrogens with one attached hydrogen (secondary N) is 2. The third-order valence-corrected chi connectivity index (χ3v) is 4.40. The Morgan fingerprint density at radius 3 is 2.23 bits per heavy atom. The minimum absolute atomic E-state index is 0.774. The summed E-state index contributed by atoms with van der Waals surface area (Å²) in [5.41, 5.74) is 0. The van der Waals surface area contributed by atoms with Gasteiger partial charge in [-0.25, -0.2) is 0 Å². The summed E-state index contributed by atoms with van der Waals surface area (Å²) in [7, 11) is 0. The van der Waals surface area contributed by atoms with E-state index in [4.69, 9.17) is 0 Å². The van der Waals surface area contributed by atoms with E-state index in [9.17, 15) is 0 Å². The molecule has 1 saturated heterocycles. The maximum Gasteiger partial charge on any atom is 0.0319 e. The first-order valence-electron chi connectivity index (χ1n) is 5.38. The van der Waals surface area contributed by atoms with Gasteiger partial charge in [0.1, 0.15) is 0 Å². The van der Waals surface area contributed by atoms with Crippen molar-refractivity contribution < 1.29 is 0 Å². The predicted octanol–water partition coefficient (Wildman–Crippen LogP) is 1.22. The number of thioether (sulfide) groups is 1. The van der Waals surface area contributed by atoms with E-state index in [1.807, 2.05) is 11.8 Å². The van der Waals surface area contributed by atoms with Crippen molar-refractivity contribution in [3.05, 3.63) is 0 Å². The van der Waals surface area contributed by atoms with Gasteiger partial charge >= 0.3 is 0 Å². The van der Waals surface area contributed by atoms with E-state index in [0.29, 0.717) is 0 Å². The zero-order valence-electron chi connectivity index (χ0n) is 8.38. The zero-order valence-corrected chi connectivity index (χ0v) is 9.20. The summed E-state index contributed by atoms with van der Waals surface area (Å²) in [6, 6.07) is 1.59. The Bertz CT molecular complexity index is 151. The van der Waals surface area contributed by atoms with Gasteiger partial charge in [-0.05, 0) is 31.9 Å². The maximum absolute atomic E-state index is 3.73. The summed E-state index contributed by atoms with van der Waals surface area (Å²) in [5, 5.41) is 7.97. The molecule has 0 aromatic rings. The Balaban J connectivity index is 1.65. The Hall–Kier alpha value is 0.270. The Morgan fingerprint density at radius 2 is 1.77 bits per heavy atom. The van der Waals surface area contributed by atoms with Crippen molar-refractivity contribution in [2.45, 2.75) is 43.0 Å². The van der Waals surface area contributed by atoms with Crippen molar-refractivity contribution in [1.29, 1.82) is 0 Å². The molecule has 0 radical (unpaired) electrons. The van der Waals surface area contributed by atoms with Crippen LogP contribution in [0.15, 0.2) is 0 Å². The lowest BCUT2D eigenvalue weighted by atomic mass is 9.94. The second-order valence-electron chi connectivity index (χ2n) is 4.23. The van der Waals surface area contributed by atoms with Crippen LogP contribution in [0.4, 0.5) is 0 Å². The van der Waals surface area contributed by atoms with E-state index in [1.54, 1.807) is 0 Å². The van der Waals surface area contributed by atoms with Crippen molar-refractivity contribution >= 4 is 11.8 Å². The average molecular weight is 200 g/mol. The first-order valence-corrected chi connectivity index (χ1v) is 6.67. The molecule has 2 aliphatic rings. The molecule has 3 heteroatoms. The van der Waals surface area contributed by atoms with Gasteiger partial charge in [0.2, 0.25) is 0 Å². The van der Waals surface area contributed by atoms with Gasteiger partial charge in [0.15, 0.2) is 0 Å². The van der Waals surface area contributed by atoms with Gasteiger partial charge in [-0.15, -0.1) is 0 Å². The molecule has 1 aliphatic carbocycles. The van der Waals surface area contributed by atoms with E-state index in [-0.39, 0.29) is 0 Å². The van der Waals surface area contributed by atoms with Crippen molar-refractivity contribution in [1.82, 2.24) is 10.6 Å². The van der Waals surface area contributed by atoms with Crippen LogP contribution in [0.1, 0.15) is 25.7 Å². The summed E-state index contributed by atoms with van der Waals surface area (Å²) in [4.78, 5) is 0. The van der Waals surface area contributed by atoms with Gasteiger partial charge in [0.05, 0.1) is 0 Å². The molecule has 2 N–H and O–H groups in total. The normalized spacial score (nSPS) is 35.8. The zero-order chi connectivity index (χ0) is 9.10. The maximum atomic E-state index is 3.73. The topological polar surface area (TPSA) is 24.1 Å². The van der Waals surface area contributed by atoms with Crippen LogP contribution >= 0.6 is 11.8 Å². The minimum atomic E-state index is 0.774. The minimum Gasteiger partial charge on any atom is -0.314 e. The van der Waals surface area contributed by atoms with Crippen molar-refractivity contribution in [2.75, 3.05) is 19.3 Å². The van der Waals surface area contributed by atoms with Crippen molar-refractivity contribution in [3.63, 3.8) is 0 Å². The fraction of sp³-hybridized carbons (Fsp3) is 1.00. The second-order valence-corrected chi connectivity index (χ2v) is 5.37. The lowest BCUT2D eigenvalue weighted by Crippen LogP contribution is -2.58. The highest BCUT2D eigenvalue weighted by Crippen LogP contribution is 2.27. The SMILES string of the molecule is CSC1CCC(NC2CNC2)CC1. The molecule has 76 valence electrons. The van der Waals surface area contributed by atoms with Crippen LogP contribution in [0.5, 0.6) is 0 Å². The molecular formula is C10H20N2S. The van der Waals surface area contributed by atoms with Crippen LogP contribution in [0.25, 0.3) is 0 Å². The Labute approximate surface area is 85.2 Å². The van der Waals surface area contributed by atoms with Crippen molar-refractivity contribution in [2.24, 2.45) is 0 Å². The largest absolute Gasteiger partial charge is 0.314 e. The molecule has 1 heterocycles. The summed E-state index contributed by atoms with van der Waals surface area (Å²) in [6.07, 6.45) is 7.86. The van der Waals surface area contributed by atoms with E-state index >= 15 is 0 Å². The van der Waals surface area contributed by atoms with E-state index in [0.717, 1.165) is 17.3 Å². The number of hydrogen-bond acceptors (Lipinski definition) is 3. The van der Waals surface area contributed by atoms with Crippen LogP contribution in [-0.2, 0) is 0 Å². The highest BCUT2D eigenvalue weighted by Gasteiger charge is 2.24.